The highest BCUT2D eigenvalue weighted by atomic mass is 32.2. The van der Waals surface area contributed by atoms with E-state index in [1.54, 1.807) is 26.0 Å². The lowest BCUT2D eigenvalue weighted by Gasteiger charge is -2.30. The molecule has 1 atom stereocenters. The molecular weight excluding hydrogens is 433 g/mol. The molecule has 0 aromatic heterocycles. The van der Waals surface area contributed by atoms with E-state index in [9.17, 15) is 22.4 Å². The normalized spacial score (nSPS) is 19.8. The van der Waals surface area contributed by atoms with Crippen molar-refractivity contribution in [3.05, 3.63) is 58.4 Å². The van der Waals surface area contributed by atoms with Crippen LogP contribution in [0.4, 0.5) is 4.39 Å². The molecule has 4 rings (SSSR count). The molecule has 170 valence electrons. The molecule has 1 unspecified atom stereocenters. The van der Waals surface area contributed by atoms with Crippen LogP contribution in [0, 0.1) is 25.6 Å². The summed E-state index contributed by atoms with van der Waals surface area (Å²) >= 11 is 0. The summed E-state index contributed by atoms with van der Waals surface area (Å²) in [5.74, 6) is -1.88. The summed E-state index contributed by atoms with van der Waals surface area (Å²) in [7, 11) is -3.65. The van der Waals surface area contributed by atoms with Crippen molar-refractivity contribution in [3.8, 4) is 5.75 Å². The fraction of sp³-hybridized carbons (Fsp3) is 0.417. The maximum Gasteiger partial charge on any atom is 0.314 e. The van der Waals surface area contributed by atoms with Gasteiger partial charge in [-0.25, -0.2) is 12.8 Å². The number of piperidine rings is 1. The lowest BCUT2D eigenvalue weighted by atomic mass is 9.98. The van der Waals surface area contributed by atoms with Gasteiger partial charge in [0.1, 0.15) is 11.6 Å². The smallest absolute Gasteiger partial charge is 0.314 e. The number of rotatable bonds is 4. The average Bonchev–Trinajstić information content (AvgIpc) is 3.05. The van der Waals surface area contributed by atoms with E-state index in [-0.39, 0.29) is 47.4 Å². The molecule has 1 aliphatic heterocycles. The zero-order chi connectivity index (χ0) is 23.2. The molecule has 8 heteroatoms. The van der Waals surface area contributed by atoms with Gasteiger partial charge >= 0.3 is 5.97 Å². The van der Waals surface area contributed by atoms with E-state index < -0.39 is 27.7 Å². The topological polar surface area (TPSA) is 80.8 Å². The first kappa shape index (κ1) is 22.6. The van der Waals surface area contributed by atoms with Crippen molar-refractivity contribution in [2.45, 2.75) is 50.8 Å². The molecule has 2 aromatic rings. The van der Waals surface area contributed by atoms with Gasteiger partial charge in [-0.2, -0.15) is 4.31 Å². The third-order valence-electron chi connectivity index (χ3n) is 6.36. The first-order valence-corrected chi connectivity index (χ1v) is 12.2. The second-order valence-corrected chi connectivity index (χ2v) is 10.6. The Kier molecular flexibility index (Phi) is 5.94. The van der Waals surface area contributed by atoms with Crippen LogP contribution in [0.25, 0.3) is 0 Å². The van der Waals surface area contributed by atoms with Crippen molar-refractivity contribution in [1.29, 1.82) is 0 Å². The minimum absolute atomic E-state index is 0.0890. The van der Waals surface area contributed by atoms with Crippen LogP contribution in [-0.4, -0.2) is 37.6 Å². The Morgan fingerprint density at radius 2 is 1.81 bits per heavy atom. The molecule has 0 amide bonds. The number of halogens is 1. The number of fused-ring (bicyclic) bond motifs is 1. The van der Waals surface area contributed by atoms with Crippen LogP contribution >= 0.6 is 0 Å². The summed E-state index contributed by atoms with van der Waals surface area (Å²) < 4.78 is 47.2. The molecule has 0 saturated carbocycles. The van der Waals surface area contributed by atoms with E-state index in [4.69, 9.17) is 4.74 Å². The Bertz CT molecular complexity index is 1200. The van der Waals surface area contributed by atoms with Crippen LogP contribution in [0.2, 0.25) is 0 Å². The third-order valence-corrected chi connectivity index (χ3v) is 8.42. The van der Waals surface area contributed by atoms with Crippen LogP contribution < -0.4 is 4.74 Å². The Morgan fingerprint density at radius 1 is 1.12 bits per heavy atom. The third kappa shape index (κ3) is 3.97. The first-order chi connectivity index (χ1) is 15.1. The number of ether oxygens (including phenoxy) is 1. The molecule has 0 bridgehead atoms. The average molecular weight is 460 g/mol. The van der Waals surface area contributed by atoms with Gasteiger partial charge in [-0.1, -0.05) is 24.6 Å². The summed E-state index contributed by atoms with van der Waals surface area (Å²) in [6.07, 6.45) is 0.822. The Labute approximate surface area is 187 Å². The summed E-state index contributed by atoms with van der Waals surface area (Å²) in [5.41, 5.74) is 2.13. The van der Waals surface area contributed by atoms with Crippen LogP contribution in [0.5, 0.6) is 5.75 Å². The number of hydrogen-bond acceptors (Lipinski definition) is 5. The van der Waals surface area contributed by atoms with Crippen molar-refractivity contribution in [1.82, 2.24) is 4.31 Å². The molecule has 32 heavy (non-hydrogen) atoms. The predicted octanol–water partition coefficient (Wildman–Crippen LogP) is 4.14. The number of carbonyl (C=O) groups is 2. The largest absolute Gasteiger partial charge is 0.426 e. The number of hydrogen-bond donors (Lipinski definition) is 0. The van der Waals surface area contributed by atoms with Gasteiger partial charge in [-0.15, -0.1) is 0 Å². The van der Waals surface area contributed by atoms with E-state index >= 15 is 0 Å². The van der Waals surface area contributed by atoms with Crippen molar-refractivity contribution in [2.75, 3.05) is 13.1 Å². The van der Waals surface area contributed by atoms with Crippen molar-refractivity contribution < 1.29 is 27.1 Å². The second-order valence-electron chi connectivity index (χ2n) is 8.73. The standard InChI is InChI=1S/C24H26FNO5S/c1-14-4-7-21(15(2)12-14)32(29,30)26-10-8-17(9-11-26)24(28)31-20-6-5-18(25)22-16(3)13-19(27)23(20)22/h4-7,12,16-17H,8-11,13H2,1-3H3. The molecular formula is C24H26FNO5S. The number of benzene rings is 2. The number of Topliss-reactive ketones (excluding diaryl/α,β-unsaturated/α-hetero) is 1. The molecule has 1 heterocycles. The summed E-state index contributed by atoms with van der Waals surface area (Å²) in [5, 5.41) is 0. The van der Waals surface area contributed by atoms with Gasteiger partial charge in [-0.3, -0.25) is 9.59 Å². The number of esters is 1. The van der Waals surface area contributed by atoms with Crippen LogP contribution in [0.15, 0.2) is 35.2 Å². The SMILES string of the molecule is Cc1ccc(S(=O)(=O)N2CCC(C(=O)Oc3ccc(F)c4c3C(=O)CC4C)CC2)c(C)c1. The van der Waals surface area contributed by atoms with Gasteiger partial charge in [0, 0.05) is 25.1 Å². The zero-order valence-electron chi connectivity index (χ0n) is 18.4. The highest BCUT2D eigenvalue weighted by molar-refractivity contribution is 7.89. The van der Waals surface area contributed by atoms with E-state index in [2.05, 4.69) is 0 Å². The molecule has 1 aliphatic carbocycles. The fourth-order valence-electron chi connectivity index (χ4n) is 4.66. The lowest BCUT2D eigenvalue weighted by molar-refractivity contribution is -0.140. The number of aryl methyl sites for hydroxylation is 2. The molecule has 6 nitrogen and oxygen atoms in total. The first-order valence-electron chi connectivity index (χ1n) is 10.7. The van der Waals surface area contributed by atoms with Gasteiger partial charge in [0.15, 0.2) is 5.78 Å². The highest BCUT2D eigenvalue weighted by Crippen LogP contribution is 2.40. The van der Waals surface area contributed by atoms with Crippen molar-refractivity contribution in [3.63, 3.8) is 0 Å². The minimum Gasteiger partial charge on any atom is -0.426 e. The van der Waals surface area contributed by atoms with Crippen molar-refractivity contribution >= 4 is 21.8 Å². The molecule has 1 fully saturated rings. The fourth-order valence-corrected chi connectivity index (χ4v) is 6.34. The number of nitrogens with zero attached hydrogens (tertiary/aromatic N) is 1. The quantitative estimate of drug-likeness (QED) is 0.507. The summed E-state index contributed by atoms with van der Waals surface area (Å²) in [4.78, 5) is 25.4. The van der Waals surface area contributed by atoms with E-state index in [0.29, 0.717) is 24.0 Å². The van der Waals surface area contributed by atoms with Crippen LogP contribution in [0.1, 0.15) is 59.2 Å². The molecule has 2 aliphatic rings. The van der Waals surface area contributed by atoms with E-state index in [0.717, 1.165) is 5.56 Å². The highest BCUT2D eigenvalue weighted by Gasteiger charge is 2.36. The maximum absolute atomic E-state index is 14.2. The number of sulfonamides is 1. The zero-order valence-corrected chi connectivity index (χ0v) is 19.2. The summed E-state index contributed by atoms with van der Waals surface area (Å²) in [6.45, 7) is 5.85. The monoisotopic (exact) mass is 459 g/mol. The van der Waals surface area contributed by atoms with Crippen molar-refractivity contribution in [2.24, 2.45) is 5.92 Å². The lowest BCUT2D eigenvalue weighted by Crippen LogP contribution is -2.41. The molecule has 2 aromatic carbocycles. The van der Waals surface area contributed by atoms with Gasteiger partial charge in [0.25, 0.3) is 0 Å². The van der Waals surface area contributed by atoms with Gasteiger partial charge in [-0.05, 0) is 56.4 Å². The van der Waals surface area contributed by atoms with Gasteiger partial charge in [0.2, 0.25) is 10.0 Å². The minimum atomic E-state index is -3.65. The summed E-state index contributed by atoms with van der Waals surface area (Å²) in [6, 6.07) is 7.76. The molecule has 0 N–H and O–H groups in total. The van der Waals surface area contributed by atoms with E-state index in [1.807, 2.05) is 13.0 Å². The number of carbonyl (C=O) groups excluding carboxylic acids is 2. The molecule has 0 spiro atoms. The predicted molar refractivity (Wildman–Crippen MR) is 117 cm³/mol. The Morgan fingerprint density at radius 3 is 2.47 bits per heavy atom. The van der Waals surface area contributed by atoms with E-state index in [1.165, 1.54) is 16.4 Å². The Balaban J connectivity index is 1.46. The molecule has 0 radical (unpaired) electrons. The maximum atomic E-state index is 14.2. The second kappa shape index (κ2) is 8.41. The van der Waals surface area contributed by atoms with Crippen LogP contribution in [0.3, 0.4) is 0 Å². The number of ketones is 1. The van der Waals surface area contributed by atoms with Crippen LogP contribution in [-0.2, 0) is 14.8 Å². The van der Waals surface area contributed by atoms with Gasteiger partial charge in [0.05, 0.1) is 16.4 Å². The Hall–Kier alpha value is -2.58. The van der Waals surface area contributed by atoms with Gasteiger partial charge < -0.3 is 4.74 Å². The molecule has 1 saturated heterocycles.